The van der Waals surface area contributed by atoms with Crippen molar-refractivity contribution >= 4 is 54.2 Å². The number of aromatic nitrogens is 2. The van der Waals surface area contributed by atoms with E-state index >= 15 is 0 Å². The molecule has 0 spiro atoms. The minimum absolute atomic E-state index is 0.0731. The number of sulfonamides is 1. The number of aryl methyl sites for hydroxylation is 1. The quantitative estimate of drug-likeness (QED) is 0.300. The van der Waals surface area contributed by atoms with Crippen LogP contribution in [0.1, 0.15) is 24.1 Å². The number of hydrogen-bond donors (Lipinski definition) is 0. The number of rotatable bonds is 6. The van der Waals surface area contributed by atoms with E-state index in [1.807, 2.05) is 25.1 Å². The molecule has 0 saturated carbocycles. The highest BCUT2D eigenvalue weighted by atomic mass is 35.5. The highest BCUT2D eigenvalue weighted by molar-refractivity contribution is 7.89. The monoisotopic (exact) mass is 576 g/mol. The van der Waals surface area contributed by atoms with Crippen molar-refractivity contribution in [2.24, 2.45) is 5.92 Å². The van der Waals surface area contributed by atoms with Crippen molar-refractivity contribution in [3.63, 3.8) is 0 Å². The number of piperidine rings is 1. The van der Waals surface area contributed by atoms with Crippen LogP contribution in [-0.4, -0.2) is 41.7 Å². The van der Waals surface area contributed by atoms with Crippen LogP contribution in [0.15, 0.2) is 59.6 Å². The Morgan fingerprint density at radius 1 is 1.13 bits per heavy atom. The van der Waals surface area contributed by atoms with Gasteiger partial charge in [0.25, 0.3) is 0 Å². The largest absolute Gasteiger partial charge is 0.282 e. The van der Waals surface area contributed by atoms with Gasteiger partial charge in [0.2, 0.25) is 15.9 Å². The number of halogens is 3. The summed E-state index contributed by atoms with van der Waals surface area (Å²) in [6.07, 6.45) is 2.20. The summed E-state index contributed by atoms with van der Waals surface area (Å²) in [7, 11) is -4.03. The molecule has 5 rings (SSSR count). The van der Waals surface area contributed by atoms with Crippen LogP contribution >= 0.6 is 22.9 Å². The topological polar surface area (TPSA) is 83.5 Å². The van der Waals surface area contributed by atoms with Crippen LogP contribution in [0.5, 0.6) is 0 Å². The number of carbonyl (C=O) groups excluding carboxylic acids is 1. The number of fused-ring (bicyclic) bond motifs is 1. The van der Waals surface area contributed by atoms with E-state index in [1.54, 1.807) is 23.2 Å². The molecular weight excluding hydrogens is 554 g/mol. The molecule has 0 atom stereocenters. The van der Waals surface area contributed by atoms with Gasteiger partial charge in [-0.05, 0) is 67.8 Å². The number of benzene rings is 2. The van der Waals surface area contributed by atoms with E-state index in [-0.39, 0.29) is 43.3 Å². The minimum Gasteiger partial charge on any atom is -0.282 e. The number of anilines is 1. The normalized spacial score (nSPS) is 15.2. The molecule has 0 aliphatic carbocycles. The van der Waals surface area contributed by atoms with Crippen LogP contribution in [0.2, 0.25) is 5.02 Å². The molecule has 1 fully saturated rings. The van der Waals surface area contributed by atoms with Gasteiger partial charge in [0, 0.05) is 30.2 Å². The first-order valence-electron chi connectivity index (χ1n) is 11.9. The predicted octanol–water partition coefficient (Wildman–Crippen LogP) is 5.57. The summed E-state index contributed by atoms with van der Waals surface area (Å²) in [6.45, 7) is 2.23. The van der Waals surface area contributed by atoms with Gasteiger partial charge >= 0.3 is 0 Å². The SMILES string of the molecule is Cc1c(Cl)ccc2sc(N(Cc3ccccn3)C(=O)C3CCN(S(=O)(=O)c4ccc(F)c(F)c4)CC3)nc12. The number of pyridine rings is 1. The van der Waals surface area contributed by atoms with E-state index < -0.39 is 27.6 Å². The third-order valence-electron chi connectivity index (χ3n) is 6.61. The molecule has 0 N–H and O–H groups in total. The zero-order valence-electron chi connectivity index (χ0n) is 20.3. The third kappa shape index (κ3) is 5.15. The van der Waals surface area contributed by atoms with Crippen LogP contribution in [0.25, 0.3) is 10.2 Å². The van der Waals surface area contributed by atoms with Crippen LogP contribution < -0.4 is 4.90 Å². The zero-order chi connectivity index (χ0) is 27.0. The average molecular weight is 577 g/mol. The summed E-state index contributed by atoms with van der Waals surface area (Å²) in [4.78, 5) is 24.2. The van der Waals surface area contributed by atoms with Crippen LogP contribution in [0.3, 0.4) is 0 Å². The fraction of sp³-hybridized carbons (Fsp3) is 0.269. The van der Waals surface area contributed by atoms with Gasteiger partial charge in [-0.25, -0.2) is 22.2 Å². The molecule has 38 heavy (non-hydrogen) atoms. The molecule has 1 saturated heterocycles. The van der Waals surface area contributed by atoms with E-state index in [2.05, 4.69) is 4.98 Å². The van der Waals surface area contributed by atoms with E-state index in [1.165, 1.54) is 15.6 Å². The van der Waals surface area contributed by atoms with Crippen molar-refractivity contribution in [1.82, 2.24) is 14.3 Å². The van der Waals surface area contributed by atoms with Gasteiger partial charge in [-0.3, -0.25) is 14.7 Å². The molecule has 7 nitrogen and oxygen atoms in total. The fourth-order valence-corrected chi connectivity index (χ4v) is 7.11. The molecule has 1 aliphatic heterocycles. The fourth-order valence-electron chi connectivity index (χ4n) is 4.45. The minimum atomic E-state index is -4.03. The second kappa shape index (κ2) is 10.6. The molecule has 3 heterocycles. The van der Waals surface area contributed by atoms with Gasteiger partial charge in [-0.2, -0.15) is 4.31 Å². The molecule has 198 valence electrons. The van der Waals surface area contributed by atoms with E-state index in [0.29, 0.717) is 21.9 Å². The summed E-state index contributed by atoms with van der Waals surface area (Å²) in [6, 6.07) is 11.6. The summed E-state index contributed by atoms with van der Waals surface area (Å²) in [5.74, 6) is -2.97. The Morgan fingerprint density at radius 2 is 1.89 bits per heavy atom. The third-order valence-corrected chi connectivity index (χ3v) is 9.96. The van der Waals surface area contributed by atoms with Crippen molar-refractivity contribution in [1.29, 1.82) is 0 Å². The van der Waals surface area contributed by atoms with E-state index in [4.69, 9.17) is 16.6 Å². The van der Waals surface area contributed by atoms with E-state index in [0.717, 1.165) is 27.9 Å². The number of carbonyl (C=O) groups is 1. The predicted molar refractivity (Wildman–Crippen MR) is 143 cm³/mol. The molecule has 0 bridgehead atoms. The lowest BCUT2D eigenvalue weighted by Gasteiger charge is -2.33. The number of thiazole rings is 1. The molecular formula is C26H23ClF2N4O3S2. The zero-order valence-corrected chi connectivity index (χ0v) is 22.7. The van der Waals surface area contributed by atoms with E-state index in [9.17, 15) is 22.0 Å². The van der Waals surface area contributed by atoms with Crippen molar-refractivity contribution in [2.75, 3.05) is 18.0 Å². The Labute approximate surface area is 227 Å². The highest BCUT2D eigenvalue weighted by Crippen LogP contribution is 2.36. The lowest BCUT2D eigenvalue weighted by Crippen LogP contribution is -2.44. The van der Waals surface area contributed by atoms with Gasteiger partial charge in [0.1, 0.15) is 0 Å². The molecule has 0 unspecified atom stereocenters. The molecule has 2 aromatic heterocycles. The average Bonchev–Trinajstić information content (AvgIpc) is 3.36. The van der Waals surface area contributed by atoms with Crippen molar-refractivity contribution in [3.05, 3.63) is 82.6 Å². The van der Waals surface area contributed by atoms with Gasteiger partial charge in [0.15, 0.2) is 16.8 Å². The van der Waals surface area contributed by atoms with Crippen molar-refractivity contribution < 1.29 is 22.0 Å². The molecule has 0 radical (unpaired) electrons. The second-order valence-corrected chi connectivity index (χ2v) is 12.4. The maximum Gasteiger partial charge on any atom is 0.243 e. The van der Waals surface area contributed by atoms with Crippen LogP contribution in [0, 0.1) is 24.5 Å². The standard InChI is InChI=1S/C26H23ClF2N4O3S2/c1-16-20(27)6-8-23-24(16)31-26(37-23)33(15-18-4-2-3-11-30-18)25(34)17-9-12-32(13-10-17)38(35,36)19-5-7-21(28)22(29)14-19/h2-8,11,14,17H,9-10,12-13,15H2,1H3. The number of amides is 1. The van der Waals surface area contributed by atoms with Gasteiger partial charge in [-0.15, -0.1) is 0 Å². The van der Waals surface area contributed by atoms with Crippen molar-refractivity contribution in [3.8, 4) is 0 Å². The van der Waals surface area contributed by atoms with Crippen molar-refractivity contribution in [2.45, 2.75) is 31.2 Å². The lowest BCUT2D eigenvalue weighted by atomic mass is 9.96. The lowest BCUT2D eigenvalue weighted by molar-refractivity contribution is -0.123. The first-order chi connectivity index (χ1) is 18.1. The second-order valence-electron chi connectivity index (χ2n) is 9.02. The molecule has 12 heteroatoms. The summed E-state index contributed by atoms with van der Waals surface area (Å²) < 4.78 is 55.1. The Hall–Kier alpha value is -2.99. The van der Waals surface area contributed by atoms with Crippen LogP contribution in [0.4, 0.5) is 13.9 Å². The molecule has 2 aromatic carbocycles. The summed E-state index contributed by atoms with van der Waals surface area (Å²) >= 11 is 7.66. The Balaban J connectivity index is 1.39. The Bertz CT molecular complexity index is 1610. The number of nitrogens with zero attached hydrogens (tertiary/aromatic N) is 4. The highest BCUT2D eigenvalue weighted by Gasteiger charge is 2.35. The summed E-state index contributed by atoms with van der Waals surface area (Å²) in [5, 5.41) is 1.10. The van der Waals surface area contributed by atoms with Gasteiger partial charge in [0.05, 0.1) is 27.4 Å². The Morgan fingerprint density at radius 3 is 2.58 bits per heavy atom. The summed E-state index contributed by atoms with van der Waals surface area (Å²) in [5.41, 5.74) is 2.24. The molecule has 1 aliphatic rings. The van der Waals surface area contributed by atoms with Gasteiger partial charge < -0.3 is 0 Å². The maximum absolute atomic E-state index is 13.8. The Kier molecular flexibility index (Phi) is 7.45. The smallest absolute Gasteiger partial charge is 0.243 e. The first-order valence-corrected chi connectivity index (χ1v) is 14.5. The van der Waals surface area contributed by atoms with Gasteiger partial charge in [-0.1, -0.05) is 29.0 Å². The van der Waals surface area contributed by atoms with Crippen LogP contribution in [-0.2, 0) is 21.4 Å². The number of hydrogen-bond acceptors (Lipinski definition) is 6. The first kappa shape index (κ1) is 26.6. The molecule has 1 amide bonds. The maximum atomic E-state index is 13.8. The molecule has 4 aromatic rings.